The van der Waals surface area contributed by atoms with Gasteiger partial charge in [0.2, 0.25) is 0 Å². The van der Waals surface area contributed by atoms with Gasteiger partial charge < -0.3 is 4.74 Å². The number of rotatable bonds is 4. The van der Waals surface area contributed by atoms with Gasteiger partial charge in [0.1, 0.15) is 12.4 Å². The molecule has 0 aromatic heterocycles. The zero-order chi connectivity index (χ0) is 12.1. The van der Waals surface area contributed by atoms with Gasteiger partial charge in [-0.1, -0.05) is 37.0 Å². The average Bonchev–Trinajstić information content (AvgIpc) is 2.39. The highest BCUT2D eigenvalue weighted by atomic mass is 16.5. The molecule has 0 aliphatic heterocycles. The van der Waals surface area contributed by atoms with E-state index < -0.39 is 0 Å². The van der Waals surface area contributed by atoms with E-state index in [1.165, 1.54) is 24.8 Å². The molecule has 0 bridgehead atoms. The Morgan fingerprint density at radius 2 is 1.82 bits per heavy atom. The maximum atomic E-state index is 11.9. The first-order valence-corrected chi connectivity index (χ1v) is 6.48. The molecular formula is C15H20O2. The minimum Gasteiger partial charge on any atom is -0.486 e. The van der Waals surface area contributed by atoms with Gasteiger partial charge in [-0.05, 0) is 31.9 Å². The van der Waals surface area contributed by atoms with E-state index in [0.29, 0.717) is 0 Å². The summed E-state index contributed by atoms with van der Waals surface area (Å²) >= 11 is 0. The van der Waals surface area contributed by atoms with Crippen LogP contribution >= 0.6 is 0 Å². The molecule has 1 fully saturated rings. The molecular weight excluding hydrogens is 212 g/mol. The third kappa shape index (κ3) is 3.58. The summed E-state index contributed by atoms with van der Waals surface area (Å²) in [5, 5.41) is 0. The Hall–Kier alpha value is -1.31. The van der Waals surface area contributed by atoms with Crippen molar-refractivity contribution in [3.05, 3.63) is 29.8 Å². The van der Waals surface area contributed by atoms with Crippen molar-refractivity contribution in [2.75, 3.05) is 6.61 Å². The first kappa shape index (κ1) is 12.2. The van der Waals surface area contributed by atoms with Gasteiger partial charge in [0.15, 0.2) is 5.78 Å². The van der Waals surface area contributed by atoms with Crippen molar-refractivity contribution in [1.29, 1.82) is 0 Å². The van der Waals surface area contributed by atoms with Crippen LogP contribution in [0.15, 0.2) is 24.3 Å². The second-order valence-electron chi connectivity index (χ2n) is 4.90. The van der Waals surface area contributed by atoms with Crippen LogP contribution in [-0.2, 0) is 4.79 Å². The Morgan fingerprint density at radius 1 is 1.18 bits per heavy atom. The van der Waals surface area contributed by atoms with Gasteiger partial charge in [-0.3, -0.25) is 4.79 Å². The Balaban J connectivity index is 1.81. The van der Waals surface area contributed by atoms with Crippen LogP contribution in [0.1, 0.15) is 37.7 Å². The minimum atomic E-state index is 0.230. The number of benzene rings is 1. The van der Waals surface area contributed by atoms with Crippen LogP contribution in [0, 0.1) is 12.8 Å². The molecule has 0 amide bonds. The predicted molar refractivity (Wildman–Crippen MR) is 68.3 cm³/mol. The van der Waals surface area contributed by atoms with E-state index in [9.17, 15) is 4.79 Å². The van der Waals surface area contributed by atoms with E-state index >= 15 is 0 Å². The molecule has 2 heteroatoms. The van der Waals surface area contributed by atoms with Crippen molar-refractivity contribution < 1.29 is 9.53 Å². The van der Waals surface area contributed by atoms with Gasteiger partial charge >= 0.3 is 0 Å². The van der Waals surface area contributed by atoms with Crippen molar-refractivity contribution >= 4 is 5.78 Å². The van der Waals surface area contributed by atoms with Crippen LogP contribution in [0.3, 0.4) is 0 Å². The van der Waals surface area contributed by atoms with Crippen LogP contribution in [0.2, 0.25) is 0 Å². The number of hydrogen-bond donors (Lipinski definition) is 0. The monoisotopic (exact) mass is 232 g/mol. The number of aryl methyl sites for hydroxylation is 1. The van der Waals surface area contributed by atoms with Gasteiger partial charge in [0, 0.05) is 5.92 Å². The highest BCUT2D eigenvalue weighted by molar-refractivity contribution is 5.82. The summed E-state index contributed by atoms with van der Waals surface area (Å²) < 4.78 is 5.53. The van der Waals surface area contributed by atoms with Crippen LogP contribution in [0.5, 0.6) is 5.75 Å². The van der Waals surface area contributed by atoms with E-state index in [2.05, 4.69) is 0 Å². The molecule has 92 valence electrons. The average molecular weight is 232 g/mol. The number of carbonyl (C=O) groups is 1. The SMILES string of the molecule is Cc1ccc(OCC(=O)C2CCCCC2)cc1. The first-order valence-electron chi connectivity index (χ1n) is 6.48. The Morgan fingerprint density at radius 3 is 2.47 bits per heavy atom. The van der Waals surface area contributed by atoms with Gasteiger partial charge in [-0.15, -0.1) is 0 Å². The number of hydrogen-bond acceptors (Lipinski definition) is 2. The van der Waals surface area contributed by atoms with Gasteiger partial charge in [-0.25, -0.2) is 0 Å². The highest BCUT2D eigenvalue weighted by Gasteiger charge is 2.21. The summed E-state index contributed by atoms with van der Waals surface area (Å²) in [4.78, 5) is 11.9. The number of Topliss-reactive ketones (excluding diaryl/α,β-unsaturated/α-hetero) is 1. The Kier molecular flexibility index (Phi) is 4.18. The van der Waals surface area contributed by atoms with Crippen LogP contribution < -0.4 is 4.74 Å². The number of ketones is 1. The lowest BCUT2D eigenvalue weighted by atomic mass is 9.86. The van der Waals surface area contributed by atoms with E-state index in [-0.39, 0.29) is 18.3 Å². The molecule has 2 rings (SSSR count). The summed E-state index contributed by atoms with van der Waals surface area (Å²) in [5.41, 5.74) is 1.20. The molecule has 0 N–H and O–H groups in total. The van der Waals surface area contributed by atoms with Crippen LogP contribution in [0.4, 0.5) is 0 Å². The van der Waals surface area contributed by atoms with Crippen molar-refractivity contribution in [3.8, 4) is 5.75 Å². The molecule has 1 aliphatic carbocycles. The van der Waals surface area contributed by atoms with Gasteiger partial charge in [0.25, 0.3) is 0 Å². The standard InChI is InChI=1S/C15H20O2/c1-12-7-9-14(10-8-12)17-11-15(16)13-5-3-2-4-6-13/h7-10,13H,2-6,11H2,1H3. The topological polar surface area (TPSA) is 26.3 Å². The highest BCUT2D eigenvalue weighted by Crippen LogP contribution is 2.24. The van der Waals surface area contributed by atoms with E-state index in [0.717, 1.165) is 18.6 Å². The van der Waals surface area contributed by atoms with Gasteiger partial charge in [-0.2, -0.15) is 0 Å². The molecule has 0 unspecified atom stereocenters. The van der Waals surface area contributed by atoms with E-state index in [1.54, 1.807) is 0 Å². The second kappa shape index (κ2) is 5.85. The molecule has 2 nitrogen and oxygen atoms in total. The number of ether oxygens (including phenoxy) is 1. The van der Waals surface area contributed by atoms with Crippen LogP contribution in [0.25, 0.3) is 0 Å². The van der Waals surface area contributed by atoms with E-state index in [1.807, 2.05) is 31.2 Å². The lowest BCUT2D eigenvalue weighted by Crippen LogP contribution is -2.23. The number of carbonyl (C=O) groups excluding carboxylic acids is 1. The Bertz CT molecular complexity index is 361. The third-order valence-electron chi connectivity index (χ3n) is 3.46. The molecule has 1 saturated carbocycles. The zero-order valence-corrected chi connectivity index (χ0v) is 10.4. The largest absolute Gasteiger partial charge is 0.486 e. The lowest BCUT2D eigenvalue weighted by Gasteiger charge is -2.20. The van der Waals surface area contributed by atoms with Gasteiger partial charge in [0.05, 0.1) is 0 Å². The van der Waals surface area contributed by atoms with Crippen molar-refractivity contribution in [3.63, 3.8) is 0 Å². The minimum absolute atomic E-state index is 0.230. The summed E-state index contributed by atoms with van der Waals surface area (Å²) in [5.74, 6) is 1.30. The fraction of sp³-hybridized carbons (Fsp3) is 0.533. The lowest BCUT2D eigenvalue weighted by molar-refractivity contribution is -0.125. The fourth-order valence-corrected chi connectivity index (χ4v) is 2.33. The molecule has 0 saturated heterocycles. The molecule has 1 aromatic carbocycles. The molecule has 17 heavy (non-hydrogen) atoms. The normalized spacial score (nSPS) is 16.8. The van der Waals surface area contributed by atoms with Crippen molar-refractivity contribution in [1.82, 2.24) is 0 Å². The molecule has 0 heterocycles. The summed E-state index contributed by atoms with van der Waals surface area (Å²) in [6, 6.07) is 7.84. The summed E-state index contributed by atoms with van der Waals surface area (Å²) in [6.07, 6.45) is 5.77. The molecule has 1 aliphatic rings. The van der Waals surface area contributed by atoms with Crippen LogP contribution in [-0.4, -0.2) is 12.4 Å². The van der Waals surface area contributed by atoms with E-state index in [4.69, 9.17) is 4.74 Å². The first-order chi connectivity index (χ1) is 8.25. The maximum absolute atomic E-state index is 11.9. The summed E-state index contributed by atoms with van der Waals surface area (Å²) in [6.45, 7) is 2.27. The predicted octanol–water partition coefficient (Wildman–Crippen LogP) is 3.52. The maximum Gasteiger partial charge on any atom is 0.173 e. The second-order valence-corrected chi connectivity index (χ2v) is 4.90. The fourth-order valence-electron chi connectivity index (χ4n) is 2.33. The molecule has 1 aromatic rings. The quantitative estimate of drug-likeness (QED) is 0.794. The smallest absolute Gasteiger partial charge is 0.173 e. The summed E-state index contributed by atoms with van der Waals surface area (Å²) in [7, 11) is 0. The van der Waals surface area contributed by atoms with Crippen molar-refractivity contribution in [2.24, 2.45) is 5.92 Å². The molecule has 0 atom stereocenters. The third-order valence-corrected chi connectivity index (χ3v) is 3.46. The Labute approximate surface area is 103 Å². The molecule has 0 spiro atoms. The zero-order valence-electron chi connectivity index (χ0n) is 10.4. The van der Waals surface area contributed by atoms with Crippen molar-refractivity contribution in [2.45, 2.75) is 39.0 Å². The molecule has 0 radical (unpaired) electrons.